The first-order valence-electron chi connectivity index (χ1n) is 10.5. The molecule has 2 heterocycles. The van der Waals surface area contributed by atoms with Crippen LogP contribution in [0, 0.1) is 5.41 Å². The molecule has 8 nitrogen and oxygen atoms in total. The van der Waals surface area contributed by atoms with Gasteiger partial charge in [0, 0.05) is 20.5 Å². The number of ether oxygens (including phenoxy) is 3. The van der Waals surface area contributed by atoms with Crippen molar-refractivity contribution in [2.24, 2.45) is 5.41 Å². The lowest BCUT2D eigenvalue weighted by molar-refractivity contribution is -0.142. The third kappa shape index (κ3) is 3.25. The van der Waals surface area contributed by atoms with Crippen LogP contribution in [-0.4, -0.2) is 63.0 Å². The van der Waals surface area contributed by atoms with Gasteiger partial charge >= 0.3 is 5.97 Å². The van der Waals surface area contributed by atoms with Gasteiger partial charge in [0.05, 0.1) is 38.6 Å². The van der Waals surface area contributed by atoms with Gasteiger partial charge in [-0.3, -0.25) is 9.59 Å². The molecule has 1 spiro atoms. The third-order valence-electron chi connectivity index (χ3n) is 6.57. The van der Waals surface area contributed by atoms with Crippen molar-refractivity contribution in [3.05, 3.63) is 65.2 Å². The maximum atomic E-state index is 13.9. The maximum absolute atomic E-state index is 13.9. The zero-order chi connectivity index (χ0) is 23.9. The molecule has 2 unspecified atom stereocenters. The molecule has 2 atom stereocenters. The van der Waals surface area contributed by atoms with Crippen LogP contribution in [-0.2, 0) is 19.1 Å². The summed E-state index contributed by atoms with van der Waals surface area (Å²) < 4.78 is 15.7. The molecule has 4 rings (SSSR count). The highest BCUT2D eigenvalue weighted by molar-refractivity contribution is 6.16. The lowest BCUT2D eigenvalue weighted by Gasteiger charge is -2.33. The molecule has 1 saturated heterocycles. The van der Waals surface area contributed by atoms with Gasteiger partial charge in [-0.1, -0.05) is 12.1 Å². The lowest BCUT2D eigenvalue weighted by Crippen LogP contribution is -2.41. The van der Waals surface area contributed by atoms with Crippen LogP contribution < -0.4 is 9.47 Å². The Balaban J connectivity index is 1.98. The Bertz CT molecular complexity index is 1140. The average molecular weight is 450 g/mol. The van der Waals surface area contributed by atoms with E-state index in [-0.39, 0.29) is 23.8 Å². The van der Waals surface area contributed by atoms with E-state index in [0.29, 0.717) is 22.8 Å². The van der Waals surface area contributed by atoms with E-state index in [1.807, 2.05) is 12.1 Å². The van der Waals surface area contributed by atoms with Crippen molar-refractivity contribution in [1.82, 2.24) is 9.80 Å². The Labute approximate surface area is 192 Å². The highest BCUT2D eigenvalue weighted by atomic mass is 16.5. The first kappa shape index (κ1) is 22.4. The van der Waals surface area contributed by atoms with Crippen LogP contribution in [0.25, 0.3) is 5.70 Å². The first-order chi connectivity index (χ1) is 15.8. The van der Waals surface area contributed by atoms with E-state index in [1.165, 1.54) is 16.9 Å². The fraction of sp³-hybridized carbons (Fsp3) is 0.320. The van der Waals surface area contributed by atoms with Crippen molar-refractivity contribution in [2.75, 3.05) is 35.4 Å². The minimum Gasteiger partial charge on any atom is -0.497 e. The predicted octanol–water partition coefficient (Wildman–Crippen LogP) is 2.65. The summed E-state index contributed by atoms with van der Waals surface area (Å²) in [6, 6.07) is 13.6. The quantitative estimate of drug-likeness (QED) is 0.651. The Hall–Kier alpha value is -3.81. The summed E-state index contributed by atoms with van der Waals surface area (Å²) in [7, 11) is 7.68. The second-order valence-corrected chi connectivity index (χ2v) is 8.14. The molecule has 172 valence electrons. The smallest absolute Gasteiger partial charge is 0.337 e. The van der Waals surface area contributed by atoms with Gasteiger partial charge in [-0.05, 0) is 47.5 Å². The number of carbonyl (C=O) groups is 3. The molecule has 1 fully saturated rings. The molecular weight excluding hydrogens is 424 g/mol. The summed E-state index contributed by atoms with van der Waals surface area (Å²) in [6.07, 6.45) is -0.131. The van der Waals surface area contributed by atoms with Crippen LogP contribution in [0.5, 0.6) is 11.5 Å². The second-order valence-electron chi connectivity index (χ2n) is 8.14. The van der Waals surface area contributed by atoms with Crippen LogP contribution in [0.2, 0.25) is 0 Å². The minimum absolute atomic E-state index is 0.131. The molecule has 0 aromatic heterocycles. The maximum Gasteiger partial charge on any atom is 0.337 e. The molecular formula is C25H26N2O6. The van der Waals surface area contributed by atoms with E-state index in [0.717, 1.165) is 5.56 Å². The van der Waals surface area contributed by atoms with Gasteiger partial charge in [0.1, 0.15) is 16.9 Å². The molecule has 2 aromatic rings. The Kier molecular flexibility index (Phi) is 5.61. The van der Waals surface area contributed by atoms with Crippen molar-refractivity contribution >= 4 is 23.5 Å². The highest BCUT2D eigenvalue weighted by Gasteiger charge is 2.65. The fourth-order valence-electron chi connectivity index (χ4n) is 5.00. The standard InChI is InChI=1S/C25H26N2O6/c1-26-19(28)14-25(22(26)16-8-12-18(32-4)13-9-16)20(23(29)33-5)21(27(2)24(25)30)15-6-10-17(31-3)11-7-15/h6-13,22H,14H2,1-5H3. The number of rotatable bonds is 5. The van der Waals surface area contributed by atoms with E-state index in [1.54, 1.807) is 64.7 Å². The summed E-state index contributed by atoms with van der Waals surface area (Å²) in [4.78, 5) is 43.2. The topological polar surface area (TPSA) is 85.4 Å². The zero-order valence-electron chi connectivity index (χ0n) is 19.2. The SMILES string of the molecule is COC(=O)C1=C(c2ccc(OC)cc2)N(C)C(=O)C12CC(=O)N(C)C2c1ccc(OC)cc1. The summed E-state index contributed by atoms with van der Waals surface area (Å²) >= 11 is 0. The number of benzene rings is 2. The van der Waals surface area contributed by atoms with Gasteiger partial charge in [0.15, 0.2) is 0 Å². The number of carbonyl (C=O) groups excluding carboxylic acids is 3. The second kappa shape index (κ2) is 8.27. The molecule has 0 saturated carbocycles. The molecule has 2 aliphatic rings. The molecule has 2 amide bonds. The summed E-state index contributed by atoms with van der Waals surface area (Å²) in [6.45, 7) is 0. The molecule has 2 aliphatic heterocycles. The number of likely N-dealkylation sites (tertiary alicyclic amines) is 1. The van der Waals surface area contributed by atoms with E-state index in [4.69, 9.17) is 14.2 Å². The minimum atomic E-state index is -1.42. The van der Waals surface area contributed by atoms with Crippen LogP contribution in [0.1, 0.15) is 23.6 Å². The van der Waals surface area contributed by atoms with Gasteiger partial charge < -0.3 is 24.0 Å². The van der Waals surface area contributed by atoms with Crippen molar-refractivity contribution < 1.29 is 28.6 Å². The third-order valence-corrected chi connectivity index (χ3v) is 6.57. The van der Waals surface area contributed by atoms with Gasteiger partial charge in [0.2, 0.25) is 11.8 Å². The van der Waals surface area contributed by atoms with Crippen molar-refractivity contribution in [2.45, 2.75) is 12.5 Å². The molecule has 0 bridgehead atoms. The normalized spacial score (nSPS) is 22.4. The molecule has 2 aromatic carbocycles. The van der Waals surface area contributed by atoms with Crippen LogP contribution in [0.4, 0.5) is 0 Å². The summed E-state index contributed by atoms with van der Waals surface area (Å²) in [5.74, 6) is 0.104. The van der Waals surface area contributed by atoms with Crippen molar-refractivity contribution in [3.63, 3.8) is 0 Å². The zero-order valence-corrected chi connectivity index (χ0v) is 19.2. The monoisotopic (exact) mass is 450 g/mol. The van der Waals surface area contributed by atoms with Gasteiger partial charge in [-0.2, -0.15) is 0 Å². The molecule has 0 N–H and O–H groups in total. The molecule has 8 heteroatoms. The van der Waals surface area contributed by atoms with Crippen molar-refractivity contribution in [3.8, 4) is 11.5 Å². The number of amides is 2. The van der Waals surface area contributed by atoms with Crippen LogP contribution in [0.15, 0.2) is 54.1 Å². The number of esters is 1. The lowest BCUT2D eigenvalue weighted by atomic mass is 9.71. The predicted molar refractivity (Wildman–Crippen MR) is 120 cm³/mol. The molecule has 33 heavy (non-hydrogen) atoms. The number of nitrogens with zero attached hydrogens (tertiary/aromatic N) is 2. The van der Waals surface area contributed by atoms with Gasteiger partial charge in [-0.25, -0.2) is 4.79 Å². The van der Waals surface area contributed by atoms with Crippen molar-refractivity contribution in [1.29, 1.82) is 0 Å². The van der Waals surface area contributed by atoms with E-state index >= 15 is 0 Å². The Morgan fingerprint density at radius 2 is 1.45 bits per heavy atom. The summed E-state index contributed by atoms with van der Waals surface area (Å²) in [5.41, 5.74) is 0.567. The molecule has 0 radical (unpaired) electrons. The van der Waals surface area contributed by atoms with E-state index < -0.39 is 17.4 Å². The van der Waals surface area contributed by atoms with Gasteiger partial charge in [0.25, 0.3) is 0 Å². The Morgan fingerprint density at radius 3 is 1.97 bits per heavy atom. The Morgan fingerprint density at radius 1 is 0.909 bits per heavy atom. The number of hydrogen-bond donors (Lipinski definition) is 0. The number of methoxy groups -OCH3 is 3. The largest absolute Gasteiger partial charge is 0.497 e. The van der Waals surface area contributed by atoms with Crippen LogP contribution in [0.3, 0.4) is 0 Å². The van der Waals surface area contributed by atoms with Gasteiger partial charge in [-0.15, -0.1) is 0 Å². The number of hydrogen-bond acceptors (Lipinski definition) is 6. The van der Waals surface area contributed by atoms with E-state index in [2.05, 4.69) is 0 Å². The first-order valence-corrected chi connectivity index (χ1v) is 10.5. The molecule has 0 aliphatic carbocycles. The highest BCUT2D eigenvalue weighted by Crippen LogP contribution is 2.58. The fourth-order valence-corrected chi connectivity index (χ4v) is 5.00. The van der Waals surface area contributed by atoms with E-state index in [9.17, 15) is 14.4 Å². The van der Waals surface area contributed by atoms with Crippen LogP contribution >= 0.6 is 0 Å². The average Bonchev–Trinajstić information content (AvgIpc) is 3.23. The summed E-state index contributed by atoms with van der Waals surface area (Å²) in [5, 5.41) is 0.